The number of rotatable bonds is 6. The Hall–Kier alpha value is -2.14. The number of carbonyl (C=O) groups is 4. The topological polar surface area (TPSA) is 131 Å². The molecule has 3 aliphatic heterocycles. The van der Waals surface area contributed by atoms with Gasteiger partial charge in [-0.25, -0.2) is 0 Å². The molecule has 4 atom stereocenters. The molecule has 3 saturated heterocycles. The van der Waals surface area contributed by atoms with Gasteiger partial charge in [0.25, 0.3) is 0 Å². The Morgan fingerprint density at radius 3 is 2.36 bits per heavy atom. The first-order valence-corrected chi connectivity index (χ1v) is 13.6. The van der Waals surface area contributed by atoms with Crippen LogP contribution in [0.1, 0.15) is 40.0 Å². The number of halogens is 3. The third kappa shape index (κ3) is 6.40. The molecule has 0 bridgehead atoms. The van der Waals surface area contributed by atoms with Crippen molar-refractivity contribution >= 4 is 47.2 Å². The van der Waals surface area contributed by atoms with Crippen LogP contribution in [0.15, 0.2) is 0 Å². The number of nitrogens with zero attached hydrogens (tertiary/aromatic N) is 2. The Morgan fingerprint density at radius 2 is 1.86 bits per heavy atom. The molecular weight excluding hydrogens is 519 g/mol. The van der Waals surface area contributed by atoms with E-state index in [1.54, 1.807) is 23.5 Å². The molecule has 0 saturated carbocycles. The van der Waals surface area contributed by atoms with E-state index in [1.807, 2.05) is 11.4 Å². The van der Waals surface area contributed by atoms with Crippen molar-refractivity contribution in [3.63, 3.8) is 0 Å². The number of nitriles is 1. The van der Waals surface area contributed by atoms with Crippen LogP contribution in [0.5, 0.6) is 0 Å². The van der Waals surface area contributed by atoms with Crippen molar-refractivity contribution in [2.75, 3.05) is 24.6 Å². The van der Waals surface area contributed by atoms with Crippen molar-refractivity contribution in [2.45, 2.75) is 68.4 Å². The fourth-order valence-electron chi connectivity index (χ4n) is 4.60. The monoisotopic (exact) mass is 549 g/mol. The standard InChI is InChI=1S/C22H30F3N5O4S2/c1-20(2,3)15(29-19(34)22(23,24)25)18(33)30-11-21(35-6-7-36-21)9-14(30)17(32)28-13(10-26)8-12-4-5-27-16(12)31/h12-15H,4-9,11H2,1-3H3,(H,27,31)(H,28,32)(H,29,34)/t12-,13-,14-,15+/m0/s1. The average molecular weight is 550 g/mol. The van der Waals surface area contributed by atoms with Crippen LogP contribution in [-0.4, -0.2) is 81.5 Å². The van der Waals surface area contributed by atoms with Crippen LogP contribution >= 0.6 is 23.5 Å². The molecule has 0 aromatic rings. The molecule has 9 nitrogen and oxygen atoms in total. The highest BCUT2D eigenvalue weighted by Gasteiger charge is 2.54. The number of thioether (sulfide) groups is 2. The first-order chi connectivity index (χ1) is 16.7. The normalized spacial score (nSPS) is 25.2. The lowest BCUT2D eigenvalue weighted by Crippen LogP contribution is -2.59. The van der Waals surface area contributed by atoms with E-state index in [0.29, 0.717) is 13.0 Å². The maximum absolute atomic E-state index is 13.6. The number of alkyl halides is 3. The zero-order valence-corrected chi connectivity index (χ0v) is 21.9. The minimum absolute atomic E-state index is 0.121. The smallest absolute Gasteiger partial charge is 0.356 e. The van der Waals surface area contributed by atoms with Crippen molar-refractivity contribution in [3.05, 3.63) is 0 Å². The van der Waals surface area contributed by atoms with Gasteiger partial charge in [0.2, 0.25) is 17.7 Å². The molecule has 14 heteroatoms. The molecule has 0 aromatic carbocycles. The fraction of sp³-hybridized carbons (Fsp3) is 0.773. The molecule has 3 aliphatic rings. The summed E-state index contributed by atoms with van der Waals surface area (Å²) in [6, 6.07) is -1.53. The molecule has 0 radical (unpaired) electrons. The lowest BCUT2D eigenvalue weighted by molar-refractivity contribution is -0.176. The second-order valence-electron chi connectivity index (χ2n) is 10.3. The summed E-state index contributed by atoms with van der Waals surface area (Å²) in [7, 11) is 0. The minimum atomic E-state index is -5.17. The van der Waals surface area contributed by atoms with Gasteiger partial charge >= 0.3 is 12.1 Å². The van der Waals surface area contributed by atoms with E-state index < -0.39 is 57.4 Å². The summed E-state index contributed by atoms with van der Waals surface area (Å²) >= 11 is 3.17. The number of nitrogens with one attached hydrogen (secondary N) is 3. The predicted molar refractivity (Wildman–Crippen MR) is 128 cm³/mol. The Balaban J connectivity index is 1.82. The molecule has 0 unspecified atom stereocenters. The van der Waals surface area contributed by atoms with Gasteiger partial charge in [0, 0.05) is 36.9 Å². The molecule has 3 fully saturated rings. The zero-order valence-electron chi connectivity index (χ0n) is 20.2. The Labute approximate surface area is 216 Å². The lowest BCUT2D eigenvalue weighted by Gasteiger charge is -2.35. The van der Waals surface area contributed by atoms with Crippen molar-refractivity contribution in [2.24, 2.45) is 11.3 Å². The van der Waals surface area contributed by atoms with Crippen molar-refractivity contribution < 1.29 is 32.3 Å². The first-order valence-electron chi connectivity index (χ1n) is 11.6. The molecule has 4 amide bonds. The van der Waals surface area contributed by atoms with Gasteiger partial charge < -0.3 is 20.9 Å². The van der Waals surface area contributed by atoms with E-state index in [0.717, 1.165) is 11.5 Å². The fourth-order valence-corrected chi connectivity index (χ4v) is 7.86. The van der Waals surface area contributed by atoms with E-state index in [9.17, 15) is 37.6 Å². The number of hydrogen-bond donors (Lipinski definition) is 3. The Bertz CT molecular complexity index is 943. The minimum Gasteiger partial charge on any atom is -0.356 e. The van der Waals surface area contributed by atoms with Gasteiger partial charge in [-0.1, -0.05) is 20.8 Å². The van der Waals surface area contributed by atoms with Crippen molar-refractivity contribution in [1.29, 1.82) is 5.26 Å². The third-order valence-electron chi connectivity index (χ3n) is 6.49. The largest absolute Gasteiger partial charge is 0.471 e. The molecule has 3 N–H and O–H groups in total. The van der Waals surface area contributed by atoms with Gasteiger partial charge in [-0.3, -0.25) is 19.2 Å². The number of likely N-dealkylation sites (tertiary alicyclic amines) is 1. The molecule has 0 aromatic heterocycles. The Morgan fingerprint density at radius 1 is 1.22 bits per heavy atom. The summed E-state index contributed by atoms with van der Waals surface area (Å²) in [5, 5.41) is 16.7. The molecule has 1 spiro atoms. The average Bonchev–Trinajstić information content (AvgIpc) is 3.50. The summed E-state index contributed by atoms with van der Waals surface area (Å²) in [5.74, 6) is -2.62. The molecule has 200 valence electrons. The van der Waals surface area contributed by atoms with E-state index in [2.05, 4.69) is 10.6 Å². The van der Waals surface area contributed by atoms with Crippen LogP contribution in [0.3, 0.4) is 0 Å². The second-order valence-corrected chi connectivity index (χ2v) is 13.5. The quantitative estimate of drug-likeness (QED) is 0.456. The molecule has 0 aliphatic carbocycles. The Kier molecular flexibility index (Phi) is 8.44. The van der Waals surface area contributed by atoms with Gasteiger partial charge in [-0.15, -0.1) is 23.5 Å². The summed E-state index contributed by atoms with van der Waals surface area (Å²) in [6.45, 7) is 5.21. The van der Waals surface area contributed by atoms with Crippen LogP contribution in [0.2, 0.25) is 0 Å². The number of carbonyl (C=O) groups excluding carboxylic acids is 4. The van der Waals surface area contributed by atoms with Gasteiger partial charge in [-0.2, -0.15) is 18.4 Å². The van der Waals surface area contributed by atoms with Crippen LogP contribution in [-0.2, 0) is 19.2 Å². The first kappa shape index (κ1) is 28.4. The molecule has 36 heavy (non-hydrogen) atoms. The van der Waals surface area contributed by atoms with Gasteiger partial charge in [0.1, 0.15) is 18.1 Å². The van der Waals surface area contributed by atoms with Crippen molar-refractivity contribution in [1.82, 2.24) is 20.9 Å². The molecular formula is C22H30F3N5O4S2. The van der Waals surface area contributed by atoms with Gasteiger partial charge in [0.05, 0.1) is 10.1 Å². The zero-order chi connectivity index (χ0) is 26.9. The SMILES string of the molecule is CC(C)(C)[C@H](NC(=O)C(F)(F)F)C(=O)N1CC2(C[C@H]1C(=O)N[C@H](C#N)C[C@@H]1CCNC1=O)SCCS2. The van der Waals surface area contributed by atoms with Crippen LogP contribution in [0, 0.1) is 22.7 Å². The molecule has 3 heterocycles. The van der Waals surface area contributed by atoms with E-state index in [-0.39, 0.29) is 25.3 Å². The van der Waals surface area contributed by atoms with E-state index in [1.165, 1.54) is 25.7 Å². The summed E-state index contributed by atoms with van der Waals surface area (Å²) in [4.78, 5) is 51.8. The third-order valence-corrected chi connectivity index (χ3v) is 9.92. The van der Waals surface area contributed by atoms with E-state index in [4.69, 9.17) is 0 Å². The highest BCUT2D eigenvalue weighted by atomic mass is 32.2. The lowest BCUT2D eigenvalue weighted by atomic mass is 9.85. The van der Waals surface area contributed by atoms with E-state index >= 15 is 0 Å². The second kappa shape index (κ2) is 10.7. The highest BCUT2D eigenvalue weighted by molar-refractivity contribution is 8.21. The highest BCUT2D eigenvalue weighted by Crippen LogP contribution is 2.52. The van der Waals surface area contributed by atoms with Gasteiger partial charge in [0.15, 0.2) is 0 Å². The number of amides is 4. The summed E-state index contributed by atoms with van der Waals surface area (Å²) in [5.41, 5.74) is -1.07. The van der Waals surface area contributed by atoms with Crippen LogP contribution in [0.25, 0.3) is 0 Å². The van der Waals surface area contributed by atoms with Crippen LogP contribution < -0.4 is 16.0 Å². The van der Waals surface area contributed by atoms with Crippen LogP contribution in [0.4, 0.5) is 13.2 Å². The maximum atomic E-state index is 13.6. The molecule has 3 rings (SSSR count). The van der Waals surface area contributed by atoms with Gasteiger partial charge in [-0.05, 0) is 18.3 Å². The maximum Gasteiger partial charge on any atom is 0.471 e. The summed E-state index contributed by atoms with van der Waals surface area (Å²) < 4.78 is 38.5. The number of hydrogen-bond acceptors (Lipinski definition) is 7. The summed E-state index contributed by atoms with van der Waals surface area (Å²) in [6.07, 6.45) is -4.25. The predicted octanol–water partition coefficient (Wildman–Crippen LogP) is 1.39. The van der Waals surface area contributed by atoms with Crippen molar-refractivity contribution in [3.8, 4) is 6.07 Å².